The highest BCUT2D eigenvalue weighted by Crippen LogP contribution is 2.31. The van der Waals surface area contributed by atoms with Gasteiger partial charge < -0.3 is 40.0 Å². The smallest absolute Gasteiger partial charge is 0.243 e. The van der Waals surface area contributed by atoms with Crippen LogP contribution in [0.2, 0.25) is 0 Å². The number of hydrogen-bond acceptors (Lipinski definition) is 7. The first kappa shape index (κ1) is 35.6. The Labute approximate surface area is 297 Å². The summed E-state index contributed by atoms with van der Waals surface area (Å²) in [6.45, 7) is 1.16. The van der Waals surface area contributed by atoms with Gasteiger partial charge in [-0.05, 0) is 48.9 Å². The monoisotopic (exact) mass is 696 g/mol. The molecule has 3 amide bonds. The maximum absolute atomic E-state index is 14.2. The number of aryl methyl sites for hydroxylation is 1. The van der Waals surface area contributed by atoms with Crippen molar-refractivity contribution >= 4 is 28.6 Å². The van der Waals surface area contributed by atoms with Crippen molar-refractivity contribution in [2.45, 2.75) is 88.9 Å². The fourth-order valence-electron chi connectivity index (χ4n) is 7.13. The molecule has 13 heteroatoms. The third-order valence-electron chi connectivity index (χ3n) is 9.87. The molecule has 0 unspecified atom stereocenters. The number of hydrogen-bond donors (Lipinski definition) is 6. The first-order valence-electron chi connectivity index (χ1n) is 18.0. The van der Waals surface area contributed by atoms with Gasteiger partial charge in [0.25, 0.3) is 0 Å². The van der Waals surface area contributed by atoms with E-state index in [1.807, 2.05) is 41.2 Å². The van der Waals surface area contributed by atoms with E-state index >= 15 is 0 Å². The summed E-state index contributed by atoms with van der Waals surface area (Å²) in [5, 5.41) is 21.3. The van der Waals surface area contributed by atoms with E-state index in [9.17, 15) is 19.5 Å². The van der Waals surface area contributed by atoms with Gasteiger partial charge in [0.05, 0.1) is 36.6 Å². The molecule has 13 nitrogen and oxygen atoms in total. The lowest BCUT2D eigenvalue weighted by Crippen LogP contribution is -2.53. The van der Waals surface area contributed by atoms with Gasteiger partial charge in [0.1, 0.15) is 17.9 Å². The van der Waals surface area contributed by atoms with Crippen LogP contribution in [0.25, 0.3) is 10.9 Å². The number of benzene rings is 1. The normalized spacial score (nSPS) is 15.9. The van der Waals surface area contributed by atoms with Gasteiger partial charge in [0.15, 0.2) is 0 Å². The summed E-state index contributed by atoms with van der Waals surface area (Å²) in [6, 6.07) is 9.60. The van der Waals surface area contributed by atoms with Crippen LogP contribution in [0.1, 0.15) is 74.5 Å². The average molecular weight is 697 g/mol. The molecule has 1 fully saturated rings. The van der Waals surface area contributed by atoms with Crippen molar-refractivity contribution in [1.29, 1.82) is 0 Å². The third kappa shape index (κ3) is 9.97. The fraction of sp³-hybridized carbons (Fsp3) is 0.447. The molecule has 0 bridgehead atoms. The molecule has 6 N–H and O–H groups in total. The quantitative estimate of drug-likeness (QED) is 0.0736. The molecule has 270 valence electrons. The molecule has 4 atom stereocenters. The van der Waals surface area contributed by atoms with Gasteiger partial charge in [0, 0.05) is 61.6 Å². The number of imidazole rings is 2. The molecule has 5 aromatic rings. The van der Waals surface area contributed by atoms with E-state index in [1.54, 1.807) is 30.9 Å². The van der Waals surface area contributed by atoms with Gasteiger partial charge >= 0.3 is 0 Å². The summed E-state index contributed by atoms with van der Waals surface area (Å²) in [6.07, 6.45) is 18.0. The SMILES string of the molecule is O=C(C[C@@H](Cc1c[nH]c2ccccc12)C(=O)N[C@@H](Cc1c[nH]cn1)C(=O)N[C@@H](CC1CCCCC1)[C@@H](O)c1ccco1)NCCCn1ccnc1. The van der Waals surface area contributed by atoms with E-state index in [-0.39, 0.29) is 25.2 Å². The lowest BCUT2D eigenvalue weighted by Gasteiger charge is -2.31. The summed E-state index contributed by atoms with van der Waals surface area (Å²) in [5.74, 6) is -1.14. The zero-order valence-corrected chi connectivity index (χ0v) is 28.8. The van der Waals surface area contributed by atoms with Crippen LogP contribution in [0, 0.1) is 11.8 Å². The largest absolute Gasteiger partial charge is 0.467 e. The van der Waals surface area contributed by atoms with Crippen molar-refractivity contribution in [3.8, 4) is 0 Å². The van der Waals surface area contributed by atoms with E-state index in [4.69, 9.17) is 4.42 Å². The minimum Gasteiger partial charge on any atom is -0.467 e. The number of carbonyl (C=O) groups excluding carboxylic acids is 3. The molecular formula is C38H48N8O5. The number of nitrogens with one attached hydrogen (secondary N) is 5. The lowest BCUT2D eigenvalue weighted by molar-refractivity contribution is -0.134. The van der Waals surface area contributed by atoms with Crippen molar-refractivity contribution in [1.82, 2.24) is 40.5 Å². The number of aliphatic hydroxyl groups excluding tert-OH is 1. The topological polar surface area (TPSA) is 183 Å². The first-order valence-corrected chi connectivity index (χ1v) is 18.0. The number of nitrogens with zero attached hydrogens (tertiary/aromatic N) is 3. The Morgan fingerprint density at radius 1 is 1.02 bits per heavy atom. The summed E-state index contributed by atoms with van der Waals surface area (Å²) in [5.41, 5.74) is 2.43. The highest BCUT2D eigenvalue weighted by atomic mass is 16.4. The second-order valence-electron chi connectivity index (χ2n) is 13.6. The van der Waals surface area contributed by atoms with E-state index in [0.29, 0.717) is 43.3 Å². The highest BCUT2D eigenvalue weighted by Gasteiger charge is 2.33. The summed E-state index contributed by atoms with van der Waals surface area (Å²) in [7, 11) is 0. The number of aromatic amines is 2. The number of H-pyrrole nitrogens is 2. The van der Waals surface area contributed by atoms with Crippen LogP contribution >= 0.6 is 0 Å². The maximum atomic E-state index is 14.2. The van der Waals surface area contributed by atoms with Crippen LogP contribution in [-0.2, 0) is 33.8 Å². The Kier molecular flexibility index (Phi) is 12.3. The van der Waals surface area contributed by atoms with Gasteiger partial charge in [-0.1, -0.05) is 50.3 Å². The number of para-hydroxylation sites is 1. The predicted molar refractivity (Wildman–Crippen MR) is 191 cm³/mol. The lowest BCUT2D eigenvalue weighted by atomic mass is 9.83. The molecular weight excluding hydrogens is 648 g/mol. The fourth-order valence-corrected chi connectivity index (χ4v) is 7.13. The molecule has 0 saturated heterocycles. The number of aliphatic hydroxyl groups is 1. The van der Waals surface area contributed by atoms with Crippen molar-refractivity contribution < 1.29 is 23.9 Å². The summed E-state index contributed by atoms with van der Waals surface area (Å²) < 4.78 is 7.47. The Balaban J connectivity index is 1.18. The van der Waals surface area contributed by atoms with Crippen LogP contribution in [0.3, 0.4) is 0 Å². The van der Waals surface area contributed by atoms with Gasteiger partial charge in [-0.3, -0.25) is 14.4 Å². The van der Waals surface area contributed by atoms with Crippen molar-refractivity contribution in [3.05, 3.63) is 97.1 Å². The van der Waals surface area contributed by atoms with Gasteiger partial charge in [-0.15, -0.1) is 0 Å². The number of aromatic nitrogens is 5. The standard InChI is InChI=1S/C38H48N8O5/c47-35(41-13-7-15-46-16-14-39-25-46)20-27(19-28-22-42-31-11-5-4-10-30(28)31)37(49)45-33(21-29-23-40-24-43-29)38(50)44-32(18-26-8-2-1-3-9-26)36(48)34-12-6-17-51-34/h4-6,10-12,14,16-17,22-27,32-33,36,42,48H,1-3,7-9,13,15,18-21H2,(H,40,43)(H,41,47)(H,44,50)(H,45,49)/t27-,32+,33+,36-/m1/s1. The van der Waals surface area contributed by atoms with Gasteiger partial charge in [-0.2, -0.15) is 0 Å². The third-order valence-corrected chi connectivity index (χ3v) is 9.87. The Morgan fingerprint density at radius 2 is 1.88 bits per heavy atom. The van der Waals surface area contributed by atoms with E-state index in [2.05, 4.69) is 35.9 Å². The molecule has 4 heterocycles. The minimum absolute atomic E-state index is 0.0608. The van der Waals surface area contributed by atoms with Gasteiger partial charge in [0.2, 0.25) is 17.7 Å². The van der Waals surface area contributed by atoms with E-state index in [1.165, 1.54) is 19.0 Å². The zero-order valence-electron chi connectivity index (χ0n) is 28.8. The van der Waals surface area contributed by atoms with Crippen LogP contribution in [0.5, 0.6) is 0 Å². The van der Waals surface area contributed by atoms with E-state index < -0.39 is 35.9 Å². The number of rotatable bonds is 18. The molecule has 1 aliphatic rings. The molecule has 0 spiro atoms. The minimum atomic E-state index is -1.06. The maximum Gasteiger partial charge on any atom is 0.243 e. The molecule has 0 aliphatic heterocycles. The molecule has 6 rings (SSSR count). The number of amides is 3. The zero-order chi connectivity index (χ0) is 35.4. The number of fused-ring (bicyclic) bond motifs is 1. The van der Waals surface area contributed by atoms with E-state index in [0.717, 1.165) is 42.1 Å². The molecule has 1 aliphatic carbocycles. The molecule has 1 saturated carbocycles. The van der Waals surface area contributed by atoms with Crippen LogP contribution < -0.4 is 16.0 Å². The van der Waals surface area contributed by atoms with Gasteiger partial charge in [-0.25, -0.2) is 9.97 Å². The van der Waals surface area contributed by atoms with Crippen LogP contribution in [0.15, 0.2) is 84.5 Å². The van der Waals surface area contributed by atoms with Crippen LogP contribution in [0.4, 0.5) is 0 Å². The summed E-state index contributed by atoms with van der Waals surface area (Å²) >= 11 is 0. The number of carbonyl (C=O) groups is 3. The molecule has 51 heavy (non-hydrogen) atoms. The molecule has 0 radical (unpaired) electrons. The van der Waals surface area contributed by atoms with Crippen LogP contribution in [-0.4, -0.2) is 66.0 Å². The van der Waals surface area contributed by atoms with Crippen molar-refractivity contribution in [3.63, 3.8) is 0 Å². The average Bonchev–Trinajstić information content (AvgIpc) is 3.99. The molecule has 1 aromatic carbocycles. The Morgan fingerprint density at radius 3 is 2.65 bits per heavy atom. The van der Waals surface area contributed by atoms with Crippen molar-refractivity contribution in [2.75, 3.05) is 6.54 Å². The second-order valence-corrected chi connectivity index (χ2v) is 13.6. The van der Waals surface area contributed by atoms with Crippen molar-refractivity contribution in [2.24, 2.45) is 11.8 Å². The Bertz CT molecular complexity index is 1790. The summed E-state index contributed by atoms with van der Waals surface area (Å²) in [4.78, 5) is 56.2. The second kappa shape index (κ2) is 17.7. The first-order chi connectivity index (χ1) is 24.9. The Hall–Kier alpha value is -5.17. The number of furan rings is 1. The predicted octanol–water partition coefficient (Wildman–Crippen LogP) is 4.35. The molecule has 4 aromatic heterocycles. The highest BCUT2D eigenvalue weighted by molar-refractivity contribution is 5.92.